The number of anilines is 1. The van der Waals surface area contributed by atoms with Gasteiger partial charge in [-0.3, -0.25) is 9.52 Å². The van der Waals surface area contributed by atoms with Gasteiger partial charge in [0, 0.05) is 19.6 Å². The summed E-state index contributed by atoms with van der Waals surface area (Å²) in [7, 11) is -3.43. The monoisotopic (exact) mass is 421 g/mol. The van der Waals surface area contributed by atoms with Crippen LogP contribution in [0.1, 0.15) is 56.3 Å². The van der Waals surface area contributed by atoms with Crippen LogP contribution in [0.2, 0.25) is 0 Å². The van der Waals surface area contributed by atoms with Gasteiger partial charge in [0.05, 0.1) is 17.0 Å². The van der Waals surface area contributed by atoms with E-state index >= 15 is 0 Å². The normalized spacial score (nSPS) is 21.9. The number of likely N-dealkylation sites (tertiary alicyclic amines) is 2. The first-order valence-corrected chi connectivity index (χ1v) is 12.6. The van der Waals surface area contributed by atoms with Gasteiger partial charge >= 0.3 is 0 Å². The van der Waals surface area contributed by atoms with Crippen molar-refractivity contribution in [3.05, 3.63) is 29.8 Å². The molecule has 1 unspecified atom stereocenters. The fourth-order valence-corrected chi connectivity index (χ4v) is 5.58. The van der Waals surface area contributed by atoms with Crippen molar-refractivity contribution < 1.29 is 13.2 Å². The fourth-order valence-electron chi connectivity index (χ4n) is 4.42. The molecule has 1 atom stereocenters. The number of para-hydroxylation sites is 1. The van der Waals surface area contributed by atoms with E-state index in [0.717, 1.165) is 51.5 Å². The van der Waals surface area contributed by atoms with Crippen LogP contribution in [0, 0.1) is 11.8 Å². The number of rotatable bonds is 7. The predicted octanol–water partition coefficient (Wildman–Crippen LogP) is 3.42. The number of carbonyl (C=O) groups is 1. The second-order valence-corrected chi connectivity index (χ2v) is 10.6. The maximum absolute atomic E-state index is 13.2. The van der Waals surface area contributed by atoms with Gasteiger partial charge in [-0.05, 0) is 69.2 Å². The van der Waals surface area contributed by atoms with Crippen LogP contribution in [0.4, 0.5) is 5.69 Å². The molecule has 162 valence electrons. The molecule has 2 aliphatic heterocycles. The Morgan fingerprint density at radius 3 is 2.59 bits per heavy atom. The fraction of sp³-hybridized carbons (Fsp3) is 0.682. The van der Waals surface area contributed by atoms with E-state index in [-0.39, 0.29) is 11.7 Å². The van der Waals surface area contributed by atoms with Gasteiger partial charge in [-0.2, -0.15) is 0 Å². The molecule has 0 bridgehead atoms. The molecule has 0 aromatic heterocycles. The van der Waals surface area contributed by atoms with Gasteiger partial charge in [0.25, 0.3) is 5.91 Å². The van der Waals surface area contributed by atoms with Crippen LogP contribution in [-0.4, -0.2) is 62.6 Å². The summed E-state index contributed by atoms with van der Waals surface area (Å²) < 4.78 is 27.0. The molecule has 1 aromatic rings. The first-order chi connectivity index (χ1) is 13.9. The van der Waals surface area contributed by atoms with E-state index in [2.05, 4.69) is 16.5 Å². The van der Waals surface area contributed by atoms with E-state index < -0.39 is 10.0 Å². The minimum absolute atomic E-state index is 0.0514. The summed E-state index contributed by atoms with van der Waals surface area (Å²) >= 11 is 0. The molecule has 0 aliphatic carbocycles. The smallest absolute Gasteiger partial charge is 0.255 e. The Kier molecular flexibility index (Phi) is 7.57. The van der Waals surface area contributed by atoms with Crippen molar-refractivity contribution in [2.24, 2.45) is 11.8 Å². The lowest BCUT2D eigenvalue weighted by Crippen LogP contribution is -2.45. The topological polar surface area (TPSA) is 69.7 Å². The number of hydrogen-bond acceptors (Lipinski definition) is 4. The molecule has 7 heteroatoms. The lowest BCUT2D eigenvalue weighted by molar-refractivity contribution is 0.0623. The third-order valence-corrected chi connectivity index (χ3v) is 7.57. The van der Waals surface area contributed by atoms with Crippen LogP contribution >= 0.6 is 0 Å². The maximum Gasteiger partial charge on any atom is 0.255 e. The van der Waals surface area contributed by atoms with Crippen LogP contribution < -0.4 is 4.72 Å². The number of carbonyl (C=O) groups excluding carboxylic acids is 1. The Bertz CT molecular complexity index is 788. The maximum atomic E-state index is 13.2. The third-order valence-electron chi connectivity index (χ3n) is 6.09. The Balaban J connectivity index is 1.65. The molecule has 1 aromatic carbocycles. The number of nitrogens with zero attached hydrogens (tertiary/aromatic N) is 2. The van der Waals surface area contributed by atoms with Crippen LogP contribution in [-0.2, 0) is 10.0 Å². The molecule has 29 heavy (non-hydrogen) atoms. The number of nitrogens with one attached hydrogen (secondary N) is 1. The number of hydrogen-bond donors (Lipinski definition) is 1. The van der Waals surface area contributed by atoms with Crippen molar-refractivity contribution in [1.82, 2.24) is 9.80 Å². The Morgan fingerprint density at radius 2 is 1.86 bits per heavy atom. The standard InChI is InChI=1S/C22H35N3O3S/c1-3-15-29(27,28)23-21-9-5-4-8-20(21)22(26)25-12-6-7-19(17-25)16-24-13-10-18(2)11-14-24/h4-5,8-9,18-19,23H,3,6-7,10-17H2,1-2H3. The highest BCUT2D eigenvalue weighted by Gasteiger charge is 2.28. The summed E-state index contributed by atoms with van der Waals surface area (Å²) in [5.41, 5.74) is 0.831. The number of amides is 1. The van der Waals surface area contributed by atoms with Crippen molar-refractivity contribution in [2.75, 3.05) is 43.2 Å². The highest BCUT2D eigenvalue weighted by molar-refractivity contribution is 7.92. The lowest BCUT2D eigenvalue weighted by Gasteiger charge is -2.38. The summed E-state index contributed by atoms with van der Waals surface area (Å²) in [4.78, 5) is 17.7. The van der Waals surface area contributed by atoms with Crippen molar-refractivity contribution in [3.63, 3.8) is 0 Å². The summed E-state index contributed by atoms with van der Waals surface area (Å²) in [6, 6.07) is 6.96. The predicted molar refractivity (Wildman–Crippen MR) is 118 cm³/mol. The van der Waals surface area contributed by atoms with Crippen LogP contribution in [0.25, 0.3) is 0 Å². The number of sulfonamides is 1. The molecule has 2 fully saturated rings. The van der Waals surface area contributed by atoms with Gasteiger partial charge in [-0.1, -0.05) is 26.0 Å². The van der Waals surface area contributed by atoms with E-state index in [9.17, 15) is 13.2 Å². The largest absolute Gasteiger partial charge is 0.338 e. The third kappa shape index (κ3) is 6.19. The van der Waals surface area contributed by atoms with Crippen LogP contribution in [0.5, 0.6) is 0 Å². The molecule has 6 nitrogen and oxygen atoms in total. The number of benzene rings is 1. The first-order valence-electron chi connectivity index (χ1n) is 11.0. The van der Waals surface area contributed by atoms with Gasteiger partial charge in [0.2, 0.25) is 10.0 Å². The van der Waals surface area contributed by atoms with Crippen molar-refractivity contribution in [1.29, 1.82) is 0 Å². The van der Waals surface area contributed by atoms with Crippen molar-refractivity contribution in [2.45, 2.75) is 46.0 Å². The second-order valence-electron chi connectivity index (χ2n) is 8.71. The minimum atomic E-state index is -3.43. The van der Waals surface area contributed by atoms with Gasteiger partial charge in [-0.15, -0.1) is 0 Å². The van der Waals surface area contributed by atoms with Crippen molar-refractivity contribution in [3.8, 4) is 0 Å². The summed E-state index contributed by atoms with van der Waals surface area (Å²) in [6.45, 7) is 9.02. The van der Waals surface area contributed by atoms with Gasteiger partial charge in [0.15, 0.2) is 0 Å². The van der Waals surface area contributed by atoms with E-state index in [0.29, 0.717) is 23.6 Å². The molecule has 0 radical (unpaired) electrons. The summed E-state index contributed by atoms with van der Waals surface area (Å²) in [6.07, 6.45) is 5.22. The molecule has 2 saturated heterocycles. The Morgan fingerprint density at radius 1 is 1.14 bits per heavy atom. The second kappa shape index (κ2) is 9.94. The summed E-state index contributed by atoms with van der Waals surface area (Å²) in [5, 5.41) is 0. The van der Waals surface area contributed by atoms with Crippen molar-refractivity contribution >= 4 is 21.6 Å². The van der Waals surface area contributed by atoms with E-state index in [1.165, 1.54) is 12.8 Å². The molecule has 2 aliphatic rings. The van der Waals surface area contributed by atoms with Gasteiger partial charge in [0.1, 0.15) is 0 Å². The van der Waals surface area contributed by atoms with E-state index in [1.807, 2.05) is 11.8 Å². The van der Waals surface area contributed by atoms with E-state index in [1.54, 1.807) is 24.3 Å². The molecule has 0 saturated carbocycles. The first kappa shape index (κ1) is 22.1. The van der Waals surface area contributed by atoms with Crippen LogP contribution in [0.15, 0.2) is 24.3 Å². The average molecular weight is 422 g/mol. The van der Waals surface area contributed by atoms with E-state index in [4.69, 9.17) is 0 Å². The lowest BCUT2D eigenvalue weighted by atomic mass is 9.94. The zero-order chi connectivity index (χ0) is 20.9. The molecule has 0 spiro atoms. The van der Waals surface area contributed by atoms with Gasteiger partial charge < -0.3 is 9.80 Å². The number of piperidine rings is 2. The molecular formula is C22H35N3O3S. The SMILES string of the molecule is CCCS(=O)(=O)Nc1ccccc1C(=O)N1CCCC(CN2CCC(C)CC2)C1. The zero-order valence-electron chi connectivity index (χ0n) is 17.8. The zero-order valence-corrected chi connectivity index (χ0v) is 18.6. The summed E-state index contributed by atoms with van der Waals surface area (Å²) in [5.74, 6) is 1.29. The Labute approximate surface area is 175 Å². The van der Waals surface area contributed by atoms with Gasteiger partial charge in [-0.25, -0.2) is 8.42 Å². The van der Waals surface area contributed by atoms with Crippen LogP contribution in [0.3, 0.4) is 0 Å². The quantitative estimate of drug-likeness (QED) is 0.732. The molecular weight excluding hydrogens is 386 g/mol. The molecule has 2 heterocycles. The highest BCUT2D eigenvalue weighted by atomic mass is 32.2. The average Bonchev–Trinajstić information content (AvgIpc) is 2.69. The molecule has 3 rings (SSSR count). The Hall–Kier alpha value is -1.60. The molecule has 1 N–H and O–H groups in total. The minimum Gasteiger partial charge on any atom is -0.338 e. The highest BCUT2D eigenvalue weighted by Crippen LogP contribution is 2.25. The molecule has 1 amide bonds.